The number of benzene rings is 2. The lowest BCUT2D eigenvalue weighted by Gasteiger charge is -2.25. The molecule has 8 nitrogen and oxygen atoms in total. The van der Waals surface area contributed by atoms with Crippen molar-refractivity contribution in [3.05, 3.63) is 63.9 Å². The molecule has 0 radical (unpaired) electrons. The zero-order valence-electron chi connectivity index (χ0n) is 14.9. The lowest BCUT2D eigenvalue weighted by molar-refractivity contribution is -0.118. The van der Waals surface area contributed by atoms with E-state index < -0.39 is 6.04 Å². The van der Waals surface area contributed by atoms with Crippen LogP contribution in [0.3, 0.4) is 0 Å². The number of amides is 2. The highest BCUT2D eigenvalue weighted by Gasteiger charge is 2.30. The highest BCUT2D eigenvalue weighted by Crippen LogP contribution is 2.36. The van der Waals surface area contributed by atoms with Crippen molar-refractivity contribution >= 4 is 51.0 Å². The number of aromatic nitrogens is 3. The molecule has 1 aromatic heterocycles. The number of fused-ring (bicyclic) bond motifs is 1. The Labute approximate surface area is 179 Å². The maximum absolute atomic E-state index is 12.3. The zero-order valence-corrected chi connectivity index (χ0v) is 17.3. The summed E-state index contributed by atoms with van der Waals surface area (Å²) in [7, 11) is 0. The Bertz CT molecular complexity index is 1070. The molecule has 4 rings (SSSR count). The SMILES string of the molecule is O=C(COc1ccc(Br)cc1[C@H]1CC(=O)Nc2ncnn21)Nc1ccc(Cl)cc1. The van der Waals surface area contributed by atoms with Gasteiger partial charge < -0.3 is 10.1 Å². The largest absolute Gasteiger partial charge is 0.483 e. The molecule has 0 saturated heterocycles. The molecule has 0 bridgehead atoms. The average Bonchev–Trinajstić information content (AvgIpc) is 3.16. The second kappa shape index (κ2) is 8.22. The van der Waals surface area contributed by atoms with Crippen LogP contribution in [0.15, 0.2) is 53.3 Å². The van der Waals surface area contributed by atoms with E-state index in [1.54, 1.807) is 41.1 Å². The normalized spacial score (nSPS) is 15.4. The first-order chi connectivity index (χ1) is 14.0. The number of nitrogens with zero attached hydrogens (tertiary/aromatic N) is 3. The van der Waals surface area contributed by atoms with Gasteiger partial charge in [-0.05, 0) is 42.5 Å². The molecular formula is C19H15BrClN5O3. The topological polar surface area (TPSA) is 98.1 Å². The van der Waals surface area contributed by atoms with Gasteiger partial charge in [0.1, 0.15) is 12.1 Å². The Balaban J connectivity index is 1.53. The summed E-state index contributed by atoms with van der Waals surface area (Å²) in [5.74, 6) is 0.379. The minimum atomic E-state index is -0.395. The van der Waals surface area contributed by atoms with Crippen molar-refractivity contribution in [2.24, 2.45) is 0 Å². The van der Waals surface area contributed by atoms with Crippen molar-refractivity contribution in [2.45, 2.75) is 12.5 Å². The van der Waals surface area contributed by atoms with Gasteiger partial charge in [-0.15, -0.1) is 0 Å². The van der Waals surface area contributed by atoms with Crippen molar-refractivity contribution in [1.82, 2.24) is 14.8 Å². The van der Waals surface area contributed by atoms with Crippen LogP contribution >= 0.6 is 27.5 Å². The Kier molecular flexibility index (Phi) is 5.50. The van der Waals surface area contributed by atoms with Gasteiger partial charge in [0, 0.05) is 20.7 Å². The van der Waals surface area contributed by atoms with E-state index >= 15 is 0 Å². The molecule has 0 fully saturated rings. The smallest absolute Gasteiger partial charge is 0.262 e. The van der Waals surface area contributed by atoms with Gasteiger partial charge in [-0.1, -0.05) is 27.5 Å². The van der Waals surface area contributed by atoms with E-state index in [1.165, 1.54) is 6.33 Å². The summed E-state index contributed by atoms with van der Waals surface area (Å²) in [5, 5.41) is 10.2. The van der Waals surface area contributed by atoms with Gasteiger partial charge in [0.2, 0.25) is 11.9 Å². The first-order valence-corrected chi connectivity index (χ1v) is 9.84. The molecule has 0 aliphatic carbocycles. The van der Waals surface area contributed by atoms with Crippen molar-refractivity contribution in [3.63, 3.8) is 0 Å². The molecule has 1 aliphatic rings. The molecule has 2 heterocycles. The van der Waals surface area contributed by atoms with E-state index in [2.05, 4.69) is 36.6 Å². The van der Waals surface area contributed by atoms with Gasteiger partial charge in [0.15, 0.2) is 6.61 Å². The number of rotatable bonds is 5. The van der Waals surface area contributed by atoms with Gasteiger partial charge in [-0.2, -0.15) is 10.1 Å². The van der Waals surface area contributed by atoms with Crippen molar-refractivity contribution in [3.8, 4) is 5.75 Å². The van der Waals surface area contributed by atoms with Crippen LogP contribution in [-0.2, 0) is 9.59 Å². The van der Waals surface area contributed by atoms with Gasteiger partial charge >= 0.3 is 0 Å². The number of halogens is 2. The quantitative estimate of drug-likeness (QED) is 0.586. The second-order valence-electron chi connectivity index (χ2n) is 6.32. The summed E-state index contributed by atoms with van der Waals surface area (Å²) >= 11 is 9.30. The Morgan fingerprint density at radius 2 is 2.10 bits per heavy atom. The standard InChI is InChI=1S/C19H15BrClN5O3/c20-11-1-6-16(29-9-18(28)24-13-4-2-12(21)3-5-13)14(7-11)15-8-17(27)25-19-22-10-23-26(15)19/h1-7,10,15H,8-9H2,(H,24,28)(H,22,23,25,27)/t15-/m1/s1. The molecule has 3 aromatic rings. The van der Waals surface area contributed by atoms with E-state index in [4.69, 9.17) is 16.3 Å². The summed E-state index contributed by atoms with van der Waals surface area (Å²) in [6.07, 6.45) is 1.56. The summed E-state index contributed by atoms with van der Waals surface area (Å²) in [6, 6.07) is 11.8. The third-order valence-electron chi connectivity index (χ3n) is 4.32. The lowest BCUT2D eigenvalue weighted by atomic mass is 10.0. The molecule has 0 unspecified atom stereocenters. The molecule has 29 heavy (non-hydrogen) atoms. The lowest BCUT2D eigenvalue weighted by Crippen LogP contribution is -2.30. The second-order valence-corrected chi connectivity index (χ2v) is 7.67. The molecule has 1 atom stereocenters. The molecule has 2 amide bonds. The van der Waals surface area contributed by atoms with Crippen LogP contribution in [0, 0.1) is 0 Å². The summed E-state index contributed by atoms with van der Waals surface area (Å²) in [6.45, 7) is -0.194. The van der Waals surface area contributed by atoms with Crippen molar-refractivity contribution < 1.29 is 14.3 Å². The van der Waals surface area contributed by atoms with E-state index in [1.807, 2.05) is 6.07 Å². The Morgan fingerprint density at radius 3 is 2.90 bits per heavy atom. The molecule has 0 spiro atoms. The molecule has 1 aliphatic heterocycles. The molecule has 10 heteroatoms. The van der Waals surface area contributed by atoms with Crippen LogP contribution < -0.4 is 15.4 Å². The fourth-order valence-corrected chi connectivity index (χ4v) is 3.54. The number of anilines is 2. The van der Waals surface area contributed by atoms with E-state index in [-0.39, 0.29) is 24.8 Å². The molecule has 2 aromatic carbocycles. The third kappa shape index (κ3) is 4.41. The fourth-order valence-electron chi connectivity index (χ4n) is 3.03. The minimum Gasteiger partial charge on any atom is -0.483 e. The van der Waals surface area contributed by atoms with Crippen molar-refractivity contribution in [2.75, 3.05) is 17.2 Å². The first-order valence-electron chi connectivity index (χ1n) is 8.66. The van der Waals surface area contributed by atoms with Crippen LogP contribution in [0.4, 0.5) is 11.6 Å². The van der Waals surface area contributed by atoms with Crippen LogP contribution in [0.2, 0.25) is 5.02 Å². The van der Waals surface area contributed by atoms with Crippen LogP contribution in [0.5, 0.6) is 5.75 Å². The molecule has 2 N–H and O–H groups in total. The summed E-state index contributed by atoms with van der Waals surface area (Å²) < 4.78 is 8.22. The fraction of sp³-hybridized carbons (Fsp3) is 0.158. The Morgan fingerprint density at radius 1 is 1.31 bits per heavy atom. The molecule has 148 valence electrons. The average molecular weight is 477 g/mol. The van der Waals surface area contributed by atoms with E-state index in [0.29, 0.717) is 22.4 Å². The van der Waals surface area contributed by atoms with Crippen LogP contribution in [-0.4, -0.2) is 33.2 Å². The molecular weight excluding hydrogens is 462 g/mol. The Hall–Kier alpha value is -2.91. The van der Waals surface area contributed by atoms with Gasteiger partial charge in [0.05, 0.1) is 12.5 Å². The summed E-state index contributed by atoms with van der Waals surface area (Å²) in [5.41, 5.74) is 1.34. The highest BCUT2D eigenvalue weighted by atomic mass is 79.9. The van der Waals surface area contributed by atoms with Gasteiger partial charge in [0.25, 0.3) is 5.91 Å². The highest BCUT2D eigenvalue weighted by molar-refractivity contribution is 9.10. The third-order valence-corrected chi connectivity index (χ3v) is 5.06. The van der Waals surface area contributed by atoms with Crippen LogP contribution in [0.1, 0.15) is 18.0 Å². The number of nitrogens with one attached hydrogen (secondary N) is 2. The first kappa shape index (κ1) is 19.4. The maximum Gasteiger partial charge on any atom is 0.262 e. The zero-order chi connectivity index (χ0) is 20.4. The molecule has 0 saturated carbocycles. The van der Waals surface area contributed by atoms with Gasteiger partial charge in [-0.3, -0.25) is 14.9 Å². The van der Waals surface area contributed by atoms with Crippen molar-refractivity contribution in [1.29, 1.82) is 0 Å². The van der Waals surface area contributed by atoms with E-state index in [0.717, 1.165) is 10.0 Å². The predicted molar refractivity (Wildman–Crippen MR) is 111 cm³/mol. The summed E-state index contributed by atoms with van der Waals surface area (Å²) in [4.78, 5) is 28.4. The number of hydrogen-bond acceptors (Lipinski definition) is 5. The monoisotopic (exact) mass is 475 g/mol. The number of ether oxygens (including phenoxy) is 1. The maximum atomic E-state index is 12.3. The minimum absolute atomic E-state index is 0.165. The number of carbonyl (C=O) groups is 2. The van der Waals surface area contributed by atoms with Gasteiger partial charge in [-0.25, -0.2) is 4.68 Å². The van der Waals surface area contributed by atoms with Crippen LogP contribution in [0.25, 0.3) is 0 Å². The number of hydrogen-bond donors (Lipinski definition) is 2. The van der Waals surface area contributed by atoms with E-state index in [9.17, 15) is 9.59 Å². The predicted octanol–water partition coefficient (Wildman–Crippen LogP) is 3.64. The number of carbonyl (C=O) groups excluding carboxylic acids is 2.